The quantitative estimate of drug-likeness (QED) is 0.457. The number of hydrogen-bond acceptors (Lipinski definition) is 3. The highest BCUT2D eigenvalue weighted by Gasteiger charge is 2.14. The smallest absolute Gasteiger partial charge is 0.0110 e. The van der Waals surface area contributed by atoms with Crippen molar-refractivity contribution in [3.8, 4) is 0 Å². The molecule has 0 unspecified atom stereocenters. The molecule has 114 valence electrons. The van der Waals surface area contributed by atoms with Crippen molar-refractivity contribution in [1.29, 1.82) is 0 Å². The minimum Gasteiger partial charge on any atom is -0.301 e. The molecule has 0 aromatic carbocycles. The second-order valence-electron chi connectivity index (χ2n) is 5.88. The van der Waals surface area contributed by atoms with Gasteiger partial charge >= 0.3 is 0 Å². The molecule has 1 saturated heterocycles. The summed E-state index contributed by atoms with van der Waals surface area (Å²) in [6, 6.07) is 0. The minimum atomic E-state index is 1.06. The molecule has 1 aliphatic rings. The summed E-state index contributed by atoms with van der Waals surface area (Å²) in [6.45, 7) is 10.1. The van der Waals surface area contributed by atoms with Gasteiger partial charge in [-0.2, -0.15) is 12.6 Å². The topological polar surface area (TPSA) is 6.48 Å². The van der Waals surface area contributed by atoms with Gasteiger partial charge in [-0.25, -0.2) is 0 Å². The van der Waals surface area contributed by atoms with Crippen LogP contribution in [0.3, 0.4) is 0 Å². The lowest BCUT2D eigenvalue weighted by molar-refractivity contribution is 0.131. The van der Waals surface area contributed by atoms with Gasteiger partial charge in [-0.15, -0.1) is 0 Å². The van der Waals surface area contributed by atoms with Crippen LogP contribution in [0, 0.1) is 0 Å². The Hall–Kier alpha value is 0.270. The summed E-state index contributed by atoms with van der Waals surface area (Å²) in [5, 5.41) is 0. The normalized spacial score (nSPS) is 18.0. The van der Waals surface area contributed by atoms with Crippen molar-refractivity contribution in [1.82, 2.24) is 9.80 Å². The Morgan fingerprint density at radius 3 is 1.68 bits per heavy atom. The molecule has 1 heterocycles. The first-order valence-electron chi connectivity index (χ1n) is 8.42. The fourth-order valence-corrected chi connectivity index (χ4v) is 3.11. The van der Waals surface area contributed by atoms with E-state index in [2.05, 4.69) is 29.4 Å². The molecule has 0 aliphatic carbocycles. The van der Waals surface area contributed by atoms with Crippen molar-refractivity contribution in [2.45, 2.75) is 58.3 Å². The van der Waals surface area contributed by atoms with E-state index < -0.39 is 0 Å². The molecule has 0 atom stereocenters. The van der Waals surface area contributed by atoms with Gasteiger partial charge in [0, 0.05) is 26.2 Å². The summed E-state index contributed by atoms with van der Waals surface area (Å²) >= 11 is 4.25. The van der Waals surface area contributed by atoms with Gasteiger partial charge in [0.1, 0.15) is 0 Å². The Morgan fingerprint density at radius 1 is 0.684 bits per heavy atom. The van der Waals surface area contributed by atoms with Crippen molar-refractivity contribution in [3.63, 3.8) is 0 Å². The summed E-state index contributed by atoms with van der Waals surface area (Å²) in [6.07, 6.45) is 11.1. The van der Waals surface area contributed by atoms with Gasteiger partial charge in [0.15, 0.2) is 0 Å². The van der Waals surface area contributed by atoms with Gasteiger partial charge in [-0.05, 0) is 38.1 Å². The van der Waals surface area contributed by atoms with Gasteiger partial charge in [-0.1, -0.05) is 39.0 Å². The third-order valence-corrected chi connectivity index (χ3v) is 4.45. The van der Waals surface area contributed by atoms with Crippen LogP contribution in [0.25, 0.3) is 0 Å². The number of piperazine rings is 1. The fraction of sp³-hybridized carbons (Fsp3) is 1.00. The first kappa shape index (κ1) is 17.3. The lowest BCUT2D eigenvalue weighted by atomic mass is 10.1. The monoisotopic (exact) mass is 286 g/mol. The van der Waals surface area contributed by atoms with Crippen molar-refractivity contribution >= 4 is 12.6 Å². The second kappa shape index (κ2) is 12.0. The molecule has 0 bridgehead atoms. The van der Waals surface area contributed by atoms with E-state index in [0.29, 0.717) is 0 Å². The van der Waals surface area contributed by atoms with E-state index in [0.717, 1.165) is 5.75 Å². The van der Waals surface area contributed by atoms with Gasteiger partial charge in [0.25, 0.3) is 0 Å². The molecule has 19 heavy (non-hydrogen) atoms. The molecule has 1 fully saturated rings. The molecule has 0 radical (unpaired) electrons. The number of thiol groups is 1. The van der Waals surface area contributed by atoms with Crippen LogP contribution < -0.4 is 0 Å². The van der Waals surface area contributed by atoms with E-state index in [1.165, 1.54) is 90.6 Å². The Bertz CT molecular complexity index is 191. The zero-order valence-corrected chi connectivity index (χ0v) is 13.8. The van der Waals surface area contributed by atoms with Crippen LogP contribution >= 0.6 is 12.6 Å². The summed E-state index contributed by atoms with van der Waals surface area (Å²) < 4.78 is 0. The summed E-state index contributed by atoms with van der Waals surface area (Å²) in [4.78, 5) is 5.27. The van der Waals surface area contributed by atoms with E-state index in [-0.39, 0.29) is 0 Å². The van der Waals surface area contributed by atoms with Gasteiger partial charge in [0.05, 0.1) is 0 Å². The molecule has 0 saturated carbocycles. The molecule has 3 heteroatoms. The Morgan fingerprint density at radius 2 is 1.16 bits per heavy atom. The predicted molar refractivity (Wildman–Crippen MR) is 89.3 cm³/mol. The molecular weight excluding hydrogens is 252 g/mol. The third-order valence-electron chi connectivity index (χ3n) is 4.14. The maximum atomic E-state index is 4.25. The molecule has 0 amide bonds. The molecule has 1 aliphatic heterocycles. The van der Waals surface area contributed by atoms with Gasteiger partial charge in [0.2, 0.25) is 0 Å². The average Bonchev–Trinajstić information content (AvgIpc) is 2.44. The second-order valence-corrected chi connectivity index (χ2v) is 6.33. The number of nitrogens with zero attached hydrogens (tertiary/aromatic N) is 2. The van der Waals surface area contributed by atoms with Crippen LogP contribution in [-0.4, -0.2) is 54.8 Å². The Kier molecular flexibility index (Phi) is 11.0. The SMILES string of the molecule is CCCN1CCN(CCCCCCCCCS)CC1. The van der Waals surface area contributed by atoms with Crippen molar-refractivity contribution < 1.29 is 0 Å². The largest absolute Gasteiger partial charge is 0.301 e. The Balaban J connectivity index is 1.85. The highest BCUT2D eigenvalue weighted by Crippen LogP contribution is 2.09. The van der Waals surface area contributed by atoms with E-state index >= 15 is 0 Å². The van der Waals surface area contributed by atoms with E-state index in [1.54, 1.807) is 0 Å². The zero-order chi connectivity index (χ0) is 13.8. The zero-order valence-electron chi connectivity index (χ0n) is 12.9. The lowest BCUT2D eigenvalue weighted by Gasteiger charge is -2.34. The molecule has 1 rings (SSSR count). The maximum Gasteiger partial charge on any atom is 0.0110 e. The number of unbranched alkanes of at least 4 members (excludes halogenated alkanes) is 6. The molecule has 0 aromatic rings. The standard InChI is InChI=1S/C16H34N2S/c1-2-10-17-12-14-18(15-13-17)11-8-6-4-3-5-7-9-16-19/h19H,2-16H2,1H3. The van der Waals surface area contributed by atoms with Crippen LogP contribution in [0.5, 0.6) is 0 Å². The van der Waals surface area contributed by atoms with Crippen molar-refractivity contribution in [2.24, 2.45) is 0 Å². The van der Waals surface area contributed by atoms with Crippen LogP contribution in [0.2, 0.25) is 0 Å². The average molecular weight is 287 g/mol. The van der Waals surface area contributed by atoms with Crippen molar-refractivity contribution in [2.75, 3.05) is 45.0 Å². The molecule has 0 N–H and O–H groups in total. The molecular formula is C16H34N2S. The van der Waals surface area contributed by atoms with Crippen molar-refractivity contribution in [3.05, 3.63) is 0 Å². The lowest BCUT2D eigenvalue weighted by Crippen LogP contribution is -2.46. The summed E-state index contributed by atoms with van der Waals surface area (Å²) in [5.74, 6) is 1.06. The fourth-order valence-electron chi connectivity index (χ4n) is 2.88. The maximum absolute atomic E-state index is 4.25. The van der Waals surface area contributed by atoms with Crippen LogP contribution in [0.1, 0.15) is 58.3 Å². The summed E-state index contributed by atoms with van der Waals surface area (Å²) in [5.41, 5.74) is 0. The first-order chi connectivity index (χ1) is 9.36. The Labute approximate surface area is 126 Å². The first-order valence-corrected chi connectivity index (χ1v) is 9.05. The molecule has 0 spiro atoms. The van der Waals surface area contributed by atoms with Gasteiger partial charge in [-0.3, -0.25) is 0 Å². The van der Waals surface area contributed by atoms with E-state index in [9.17, 15) is 0 Å². The highest BCUT2D eigenvalue weighted by molar-refractivity contribution is 7.80. The van der Waals surface area contributed by atoms with Crippen LogP contribution in [0.4, 0.5) is 0 Å². The summed E-state index contributed by atoms with van der Waals surface area (Å²) in [7, 11) is 0. The van der Waals surface area contributed by atoms with Crippen LogP contribution in [-0.2, 0) is 0 Å². The predicted octanol–water partition coefficient (Wildman–Crippen LogP) is 3.67. The minimum absolute atomic E-state index is 1.06. The number of rotatable bonds is 11. The molecule has 2 nitrogen and oxygen atoms in total. The van der Waals surface area contributed by atoms with E-state index in [1.807, 2.05) is 0 Å². The van der Waals surface area contributed by atoms with E-state index in [4.69, 9.17) is 0 Å². The third kappa shape index (κ3) is 8.93. The van der Waals surface area contributed by atoms with Crippen LogP contribution in [0.15, 0.2) is 0 Å². The van der Waals surface area contributed by atoms with Gasteiger partial charge < -0.3 is 9.80 Å². The highest BCUT2D eigenvalue weighted by atomic mass is 32.1. The molecule has 0 aromatic heterocycles. The number of hydrogen-bond donors (Lipinski definition) is 1.